The van der Waals surface area contributed by atoms with Crippen LogP contribution in [0.25, 0.3) is 0 Å². The third kappa shape index (κ3) is 4.62. The van der Waals surface area contributed by atoms with E-state index in [1.165, 1.54) is 0 Å². The molecule has 1 saturated heterocycles. The first-order valence-electron chi connectivity index (χ1n) is 9.38. The molecule has 1 atom stereocenters. The number of aromatic hydroxyl groups is 2. The van der Waals surface area contributed by atoms with Crippen LogP contribution < -0.4 is 0 Å². The minimum atomic E-state index is -0.162. The molecule has 0 aromatic heterocycles. The summed E-state index contributed by atoms with van der Waals surface area (Å²) in [4.78, 5) is 14.8. The molecule has 0 bridgehead atoms. The highest BCUT2D eigenvalue weighted by Crippen LogP contribution is 2.41. The zero-order valence-electron chi connectivity index (χ0n) is 15.3. The van der Waals surface area contributed by atoms with Crippen LogP contribution in [0.3, 0.4) is 0 Å². The van der Waals surface area contributed by atoms with Crippen LogP contribution in [-0.4, -0.2) is 34.1 Å². The van der Waals surface area contributed by atoms with Crippen molar-refractivity contribution in [2.45, 2.75) is 51.9 Å². The van der Waals surface area contributed by atoms with Gasteiger partial charge in [-0.2, -0.15) is 0 Å². The maximum Gasteiger partial charge on any atom is 0.227 e. The average molecular weight is 370 g/mol. The number of carbonyl (C=O) groups excluding carboxylic acids is 1. The fourth-order valence-corrected chi connectivity index (χ4v) is 4.14. The van der Waals surface area contributed by atoms with Crippen LogP contribution in [-0.2, 0) is 16.6 Å². The van der Waals surface area contributed by atoms with Gasteiger partial charge in [0.1, 0.15) is 0 Å². The predicted octanol–water partition coefficient (Wildman–Crippen LogP) is 4.64. The van der Waals surface area contributed by atoms with Gasteiger partial charge in [-0.05, 0) is 42.5 Å². The Balaban J connectivity index is 0.00000261. The molecule has 0 spiro atoms. The summed E-state index contributed by atoms with van der Waals surface area (Å²) >= 11 is 0. The molecule has 4 heteroatoms. The molecular formula is C23H31NO3. The van der Waals surface area contributed by atoms with Gasteiger partial charge < -0.3 is 15.1 Å². The lowest BCUT2D eigenvalue weighted by atomic mass is 9.71. The number of phenolic OH excluding ortho intramolecular Hbond substituents is 2. The summed E-state index contributed by atoms with van der Waals surface area (Å²) in [6.45, 7) is 3.59. The number of likely N-dealkylation sites (tertiary alicyclic amines) is 1. The normalized spacial score (nSPS) is 19.4. The second-order valence-corrected chi connectivity index (χ2v) is 7.32. The van der Waals surface area contributed by atoms with Gasteiger partial charge in [0.15, 0.2) is 11.5 Å². The highest BCUT2D eigenvalue weighted by molar-refractivity contribution is 5.79. The Morgan fingerprint density at radius 3 is 2.52 bits per heavy atom. The second-order valence-electron chi connectivity index (χ2n) is 7.32. The predicted molar refractivity (Wildman–Crippen MR) is 109 cm³/mol. The number of carbonyl (C=O) groups is 1. The van der Waals surface area contributed by atoms with Crippen molar-refractivity contribution in [3.05, 3.63) is 59.7 Å². The molecule has 1 heterocycles. The molecule has 1 unspecified atom stereocenters. The highest BCUT2D eigenvalue weighted by Gasteiger charge is 2.38. The lowest BCUT2D eigenvalue weighted by Gasteiger charge is -2.43. The number of piperidine rings is 1. The minimum Gasteiger partial charge on any atom is -0.504 e. The number of phenols is 2. The van der Waals surface area contributed by atoms with Crippen LogP contribution >= 0.6 is 0 Å². The molecule has 27 heavy (non-hydrogen) atoms. The number of amides is 1. The molecule has 2 aromatic rings. The van der Waals surface area contributed by atoms with Crippen LogP contribution in [0.5, 0.6) is 11.5 Å². The van der Waals surface area contributed by atoms with Gasteiger partial charge in [0.2, 0.25) is 5.91 Å². The molecule has 1 aliphatic heterocycles. The number of rotatable bonds is 5. The maximum absolute atomic E-state index is 12.8. The first kappa shape index (κ1) is 20.8. The molecule has 0 radical (unpaired) electrons. The Labute approximate surface area is 162 Å². The molecule has 4 nitrogen and oxygen atoms in total. The average Bonchev–Trinajstić information content (AvgIpc) is 2.65. The lowest BCUT2D eigenvalue weighted by Crippen LogP contribution is -2.49. The number of hydrogen-bond donors (Lipinski definition) is 2. The van der Waals surface area contributed by atoms with Crippen molar-refractivity contribution in [2.24, 2.45) is 0 Å². The Hall–Kier alpha value is -2.49. The van der Waals surface area contributed by atoms with Gasteiger partial charge in [0.05, 0.1) is 6.42 Å². The number of benzene rings is 2. The van der Waals surface area contributed by atoms with Crippen molar-refractivity contribution in [2.75, 3.05) is 13.1 Å². The molecule has 2 aromatic carbocycles. The van der Waals surface area contributed by atoms with Crippen molar-refractivity contribution in [1.82, 2.24) is 4.90 Å². The number of hydrogen-bond acceptors (Lipinski definition) is 3. The molecular weight excluding hydrogens is 338 g/mol. The SMILES string of the molecule is C.CCCC1(c2ccc(O)c(O)c2)CCCN(C(=O)Cc2ccccc2)C1. The summed E-state index contributed by atoms with van der Waals surface area (Å²) in [5.41, 5.74) is 1.88. The Morgan fingerprint density at radius 2 is 1.85 bits per heavy atom. The Morgan fingerprint density at radius 1 is 1.11 bits per heavy atom. The fourth-order valence-electron chi connectivity index (χ4n) is 4.14. The van der Waals surface area contributed by atoms with E-state index in [0.717, 1.165) is 43.4 Å². The molecule has 1 aliphatic rings. The molecule has 1 fully saturated rings. The quantitative estimate of drug-likeness (QED) is 0.755. The van der Waals surface area contributed by atoms with Crippen molar-refractivity contribution >= 4 is 5.91 Å². The van der Waals surface area contributed by atoms with Gasteiger partial charge in [-0.1, -0.05) is 57.2 Å². The topological polar surface area (TPSA) is 60.8 Å². The molecule has 0 aliphatic carbocycles. The van der Waals surface area contributed by atoms with E-state index in [9.17, 15) is 15.0 Å². The third-order valence-electron chi connectivity index (χ3n) is 5.44. The monoisotopic (exact) mass is 369 g/mol. The van der Waals surface area contributed by atoms with Crippen molar-refractivity contribution in [3.8, 4) is 11.5 Å². The van der Waals surface area contributed by atoms with Crippen LogP contribution in [0.15, 0.2) is 48.5 Å². The van der Waals surface area contributed by atoms with E-state index in [1.807, 2.05) is 41.3 Å². The van der Waals surface area contributed by atoms with Gasteiger partial charge in [-0.25, -0.2) is 0 Å². The first-order chi connectivity index (χ1) is 12.5. The van der Waals surface area contributed by atoms with Gasteiger partial charge in [-0.3, -0.25) is 4.79 Å². The van der Waals surface area contributed by atoms with Crippen molar-refractivity contribution in [1.29, 1.82) is 0 Å². The zero-order valence-corrected chi connectivity index (χ0v) is 15.3. The third-order valence-corrected chi connectivity index (χ3v) is 5.44. The molecule has 0 saturated carbocycles. The van der Waals surface area contributed by atoms with Crippen LogP contribution in [0, 0.1) is 0 Å². The van der Waals surface area contributed by atoms with E-state index in [0.29, 0.717) is 13.0 Å². The van der Waals surface area contributed by atoms with Crippen molar-refractivity contribution in [3.63, 3.8) is 0 Å². The van der Waals surface area contributed by atoms with Gasteiger partial charge >= 0.3 is 0 Å². The first-order valence-corrected chi connectivity index (χ1v) is 9.38. The highest BCUT2D eigenvalue weighted by atomic mass is 16.3. The summed E-state index contributed by atoms with van der Waals surface area (Å²) < 4.78 is 0. The molecule has 1 amide bonds. The van der Waals surface area contributed by atoms with E-state index in [4.69, 9.17) is 0 Å². The molecule has 3 rings (SSSR count). The molecule has 146 valence electrons. The van der Waals surface area contributed by atoms with Crippen LogP contribution in [0.4, 0.5) is 0 Å². The zero-order chi connectivity index (χ0) is 18.6. The Bertz CT molecular complexity index is 755. The maximum atomic E-state index is 12.8. The summed E-state index contributed by atoms with van der Waals surface area (Å²) in [6, 6.07) is 14.9. The molecule has 2 N–H and O–H groups in total. The van der Waals surface area contributed by atoms with Gasteiger partial charge in [-0.15, -0.1) is 0 Å². The van der Waals surface area contributed by atoms with Crippen LogP contribution in [0.1, 0.15) is 51.2 Å². The second kappa shape index (κ2) is 8.94. The lowest BCUT2D eigenvalue weighted by molar-refractivity contribution is -0.132. The largest absolute Gasteiger partial charge is 0.504 e. The van der Waals surface area contributed by atoms with E-state index in [2.05, 4.69) is 6.92 Å². The van der Waals surface area contributed by atoms with Crippen LogP contribution in [0.2, 0.25) is 0 Å². The summed E-state index contributed by atoms with van der Waals surface area (Å²) in [6.07, 6.45) is 4.31. The fraction of sp³-hybridized carbons (Fsp3) is 0.435. The standard InChI is InChI=1S/C22H27NO3.CH4/c1-2-11-22(18-9-10-19(24)20(25)15-18)12-6-13-23(16-22)21(26)14-17-7-4-3-5-8-17;/h3-5,7-10,15,24-25H,2,6,11-14,16H2,1H3;1H4. The van der Waals surface area contributed by atoms with Gasteiger partial charge in [0, 0.05) is 18.5 Å². The summed E-state index contributed by atoms with van der Waals surface area (Å²) in [5, 5.41) is 19.6. The summed E-state index contributed by atoms with van der Waals surface area (Å²) in [7, 11) is 0. The van der Waals surface area contributed by atoms with E-state index in [1.54, 1.807) is 12.1 Å². The Kier molecular flexibility index (Phi) is 6.89. The minimum absolute atomic E-state index is 0. The van der Waals surface area contributed by atoms with E-state index in [-0.39, 0.29) is 30.2 Å². The smallest absolute Gasteiger partial charge is 0.227 e. The van der Waals surface area contributed by atoms with Gasteiger partial charge in [0.25, 0.3) is 0 Å². The van der Waals surface area contributed by atoms with E-state index >= 15 is 0 Å². The van der Waals surface area contributed by atoms with E-state index < -0.39 is 0 Å². The summed E-state index contributed by atoms with van der Waals surface area (Å²) in [5.74, 6) is -0.0432. The van der Waals surface area contributed by atoms with Crippen molar-refractivity contribution < 1.29 is 15.0 Å². The number of nitrogens with zero attached hydrogens (tertiary/aromatic N) is 1.